The van der Waals surface area contributed by atoms with E-state index in [-0.39, 0.29) is 0 Å². The van der Waals surface area contributed by atoms with Crippen LogP contribution in [0.15, 0.2) is 12.2 Å². The fraction of sp³-hybridized carbons (Fsp3) is 0.846. The molecule has 0 bridgehead atoms. The van der Waals surface area contributed by atoms with Crippen molar-refractivity contribution in [2.24, 2.45) is 10.8 Å². The molecule has 0 saturated heterocycles. The zero-order valence-corrected chi connectivity index (χ0v) is 19.6. The third kappa shape index (κ3) is 8.07. The van der Waals surface area contributed by atoms with Crippen LogP contribution >= 0.6 is 0 Å². The first kappa shape index (κ1) is 26.7. The van der Waals surface area contributed by atoms with E-state index in [0.717, 1.165) is 19.3 Å². The largest absolute Gasteiger partial charge is 0.481 e. The lowest BCUT2D eigenvalue weighted by Gasteiger charge is -2.44. The van der Waals surface area contributed by atoms with E-state index >= 15 is 0 Å². The van der Waals surface area contributed by atoms with Crippen LogP contribution in [0, 0.1) is 10.8 Å². The summed E-state index contributed by atoms with van der Waals surface area (Å²) in [6.45, 7) is 3.87. The van der Waals surface area contributed by atoms with Gasteiger partial charge in [-0.25, -0.2) is 0 Å². The highest BCUT2D eigenvalue weighted by molar-refractivity contribution is 5.87. The number of carboxylic acid groups (broad SMARTS) is 2. The summed E-state index contributed by atoms with van der Waals surface area (Å²) in [5.41, 5.74) is -2.40. The summed E-state index contributed by atoms with van der Waals surface area (Å²) in [5.74, 6) is -1.95. The normalized spacial score (nSPS) is 23.5. The smallest absolute Gasteiger partial charge is 0.311 e. The fourth-order valence-electron chi connectivity index (χ4n) is 4.92. The average molecular weight is 423 g/mol. The zero-order chi connectivity index (χ0) is 22.3. The van der Waals surface area contributed by atoms with Gasteiger partial charge in [-0.3, -0.25) is 9.59 Å². The summed E-state index contributed by atoms with van der Waals surface area (Å²) < 4.78 is 0. The molecule has 0 fully saturated rings. The highest BCUT2D eigenvalue weighted by Gasteiger charge is 2.57. The van der Waals surface area contributed by atoms with Crippen molar-refractivity contribution >= 4 is 11.9 Å². The standard InChI is InChI=1S/C26H46O4/c1-3-4-5-6-7-8-9-10-11-12-13-14-15-16-17-21-26(24(29)30)22-19-18-20-25(26,2)23(27)28/h18-19H,3-17,20-22H2,1-2H3,(H,27,28)(H,29,30). The van der Waals surface area contributed by atoms with Gasteiger partial charge in [0.2, 0.25) is 0 Å². The Hall–Kier alpha value is -1.32. The number of hydrogen-bond donors (Lipinski definition) is 2. The minimum atomic E-state index is -1.22. The summed E-state index contributed by atoms with van der Waals surface area (Å²) in [6.07, 6.45) is 23.8. The second kappa shape index (κ2) is 14.6. The molecule has 2 atom stereocenters. The minimum absolute atomic E-state index is 0.299. The van der Waals surface area contributed by atoms with Gasteiger partial charge in [0, 0.05) is 0 Å². The average Bonchev–Trinajstić information content (AvgIpc) is 2.72. The Morgan fingerprint density at radius 2 is 1.07 bits per heavy atom. The van der Waals surface area contributed by atoms with Crippen molar-refractivity contribution in [3.8, 4) is 0 Å². The molecule has 0 aliphatic heterocycles. The molecule has 1 rings (SSSR count). The van der Waals surface area contributed by atoms with Gasteiger partial charge in [-0.05, 0) is 26.2 Å². The third-order valence-corrected chi connectivity index (χ3v) is 7.30. The molecule has 4 nitrogen and oxygen atoms in total. The SMILES string of the molecule is CCCCCCCCCCCCCCCCCC1(C(=O)O)CC=CCC1(C)C(=O)O. The number of hydrogen-bond acceptors (Lipinski definition) is 2. The summed E-state index contributed by atoms with van der Waals surface area (Å²) in [6, 6.07) is 0. The van der Waals surface area contributed by atoms with Crippen LogP contribution in [0.1, 0.15) is 129 Å². The van der Waals surface area contributed by atoms with Crippen LogP contribution in [0.25, 0.3) is 0 Å². The summed E-state index contributed by atoms with van der Waals surface area (Å²) in [5, 5.41) is 19.6. The van der Waals surface area contributed by atoms with Gasteiger partial charge in [0.15, 0.2) is 0 Å². The van der Waals surface area contributed by atoms with Crippen LogP contribution in [0.4, 0.5) is 0 Å². The second-order valence-electron chi connectivity index (χ2n) is 9.60. The number of rotatable bonds is 18. The Labute approximate surface area is 184 Å². The first-order valence-corrected chi connectivity index (χ1v) is 12.5. The number of carbonyl (C=O) groups is 2. The van der Waals surface area contributed by atoms with Crippen molar-refractivity contribution in [1.82, 2.24) is 0 Å². The Bertz CT molecular complexity index is 527. The van der Waals surface area contributed by atoms with E-state index in [1.807, 2.05) is 12.2 Å². The van der Waals surface area contributed by atoms with E-state index < -0.39 is 22.8 Å². The molecule has 1 aliphatic rings. The topological polar surface area (TPSA) is 74.6 Å². The van der Waals surface area contributed by atoms with Crippen molar-refractivity contribution in [3.05, 3.63) is 12.2 Å². The lowest BCUT2D eigenvalue weighted by molar-refractivity contribution is -0.174. The summed E-state index contributed by atoms with van der Waals surface area (Å²) in [4.78, 5) is 23.9. The Morgan fingerprint density at radius 3 is 1.47 bits per heavy atom. The van der Waals surface area contributed by atoms with Crippen molar-refractivity contribution in [1.29, 1.82) is 0 Å². The molecule has 0 aromatic carbocycles. The van der Waals surface area contributed by atoms with Gasteiger partial charge in [-0.1, -0.05) is 115 Å². The van der Waals surface area contributed by atoms with Gasteiger partial charge in [-0.15, -0.1) is 0 Å². The molecule has 0 aromatic heterocycles. The van der Waals surface area contributed by atoms with Crippen molar-refractivity contribution in [2.45, 2.75) is 129 Å². The molecule has 30 heavy (non-hydrogen) atoms. The lowest BCUT2D eigenvalue weighted by atomic mass is 9.56. The third-order valence-electron chi connectivity index (χ3n) is 7.30. The summed E-state index contributed by atoms with van der Waals surface area (Å²) >= 11 is 0. The zero-order valence-electron chi connectivity index (χ0n) is 19.6. The van der Waals surface area contributed by atoms with Crippen LogP contribution in [-0.2, 0) is 9.59 Å². The molecule has 2 unspecified atom stereocenters. The van der Waals surface area contributed by atoms with Gasteiger partial charge in [0.05, 0.1) is 10.8 Å². The van der Waals surface area contributed by atoms with Crippen molar-refractivity contribution in [2.75, 3.05) is 0 Å². The Balaban J connectivity index is 2.13. The molecule has 0 amide bonds. The van der Waals surface area contributed by atoms with Gasteiger partial charge in [0.25, 0.3) is 0 Å². The molecule has 0 aromatic rings. The molecule has 0 heterocycles. The van der Waals surface area contributed by atoms with E-state index in [4.69, 9.17) is 0 Å². The van der Waals surface area contributed by atoms with E-state index in [1.165, 1.54) is 77.0 Å². The summed E-state index contributed by atoms with van der Waals surface area (Å²) in [7, 11) is 0. The molecule has 1 aliphatic carbocycles. The number of allylic oxidation sites excluding steroid dienone is 2. The van der Waals surface area contributed by atoms with Crippen LogP contribution in [0.3, 0.4) is 0 Å². The van der Waals surface area contributed by atoms with Gasteiger partial charge in [0.1, 0.15) is 0 Å². The van der Waals surface area contributed by atoms with Crippen molar-refractivity contribution in [3.63, 3.8) is 0 Å². The van der Waals surface area contributed by atoms with Crippen LogP contribution in [-0.4, -0.2) is 22.2 Å². The molecular weight excluding hydrogens is 376 g/mol. The highest BCUT2D eigenvalue weighted by atomic mass is 16.4. The van der Waals surface area contributed by atoms with Crippen molar-refractivity contribution < 1.29 is 19.8 Å². The maximum atomic E-state index is 12.1. The highest BCUT2D eigenvalue weighted by Crippen LogP contribution is 2.52. The minimum Gasteiger partial charge on any atom is -0.481 e. The number of unbranched alkanes of at least 4 members (excludes halogenated alkanes) is 14. The molecule has 4 heteroatoms. The van der Waals surface area contributed by atoms with E-state index in [2.05, 4.69) is 6.92 Å². The predicted molar refractivity (Wildman–Crippen MR) is 124 cm³/mol. The number of aliphatic carboxylic acids is 2. The number of carboxylic acids is 2. The lowest BCUT2D eigenvalue weighted by Crippen LogP contribution is -2.51. The Kier molecular flexibility index (Phi) is 13.0. The van der Waals surface area contributed by atoms with Crippen LogP contribution in [0.2, 0.25) is 0 Å². The molecule has 0 saturated carbocycles. The molecule has 174 valence electrons. The maximum Gasteiger partial charge on any atom is 0.311 e. The molecule has 0 radical (unpaired) electrons. The monoisotopic (exact) mass is 422 g/mol. The first-order valence-electron chi connectivity index (χ1n) is 12.5. The second-order valence-corrected chi connectivity index (χ2v) is 9.60. The predicted octanol–water partition coefficient (Wildman–Crippen LogP) is 7.76. The Morgan fingerprint density at radius 1 is 0.667 bits per heavy atom. The first-order chi connectivity index (χ1) is 14.4. The van der Waals surface area contributed by atoms with Gasteiger partial charge < -0.3 is 10.2 Å². The maximum absolute atomic E-state index is 12.1. The van der Waals surface area contributed by atoms with E-state index in [1.54, 1.807) is 6.92 Å². The molecule has 0 spiro atoms. The van der Waals surface area contributed by atoms with E-state index in [9.17, 15) is 19.8 Å². The molecule has 2 N–H and O–H groups in total. The fourth-order valence-corrected chi connectivity index (χ4v) is 4.92. The van der Waals surface area contributed by atoms with Gasteiger partial charge >= 0.3 is 11.9 Å². The van der Waals surface area contributed by atoms with Gasteiger partial charge in [-0.2, -0.15) is 0 Å². The van der Waals surface area contributed by atoms with Crippen LogP contribution in [0.5, 0.6) is 0 Å². The van der Waals surface area contributed by atoms with E-state index in [0.29, 0.717) is 19.3 Å². The quantitative estimate of drug-likeness (QED) is 0.175. The van der Waals surface area contributed by atoms with Crippen LogP contribution < -0.4 is 0 Å². The molecular formula is C26H46O4.